The molecule has 11 nitrogen and oxygen atoms in total. The lowest BCUT2D eigenvalue weighted by molar-refractivity contribution is -0.412. The molecule has 4 aliphatic rings. The summed E-state index contributed by atoms with van der Waals surface area (Å²) < 4.78 is 40.7. The van der Waals surface area contributed by atoms with Crippen LogP contribution in [-0.4, -0.2) is 95.1 Å². The van der Waals surface area contributed by atoms with Crippen LogP contribution in [0.4, 0.5) is 0 Å². The number of ether oxygens (including phenoxy) is 7. The highest BCUT2D eigenvalue weighted by atomic mass is 16.8. The maximum Gasteiger partial charge on any atom is 0.189 e. The molecule has 2 unspecified atom stereocenters. The molecular weight excluding hydrogens is 488 g/mol. The van der Waals surface area contributed by atoms with Crippen molar-refractivity contribution in [2.45, 2.75) is 74.0 Å². The van der Waals surface area contributed by atoms with E-state index in [2.05, 4.69) is 0 Å². The summed E-state index contributed by atoms with van der Waals surface area (Å²) in [5.41, 5.74) is 1.55. The lowest BCUT2D eigenvalue weighted by Crippen LogP contribution is -2.66. The molecule has 0 bridgehead atoms. The summed E-state index contributed by atoms with van der Waals surface area (Å²) in [6, 6.07) is 18.5. The van der Waals surface area contributed by atoms with Gasteiger partial charge < -0.3 is 53.6 Å². The van der Waals surface area contributed by atoms with Gasteiger partial charge in [0.05, 0.1) is 13.2 Å². The van der Waals surface area contributed by atoms with Gasteiger partial charge in [0, 0.05) is 11.1 Å². The summed E-state index contributed by atoms with van der Waals surface area (Å²) in [7, 11) is 0. The largest absolute Gasteiger partial charge is 0.387 e. The molecule has 37 heavy (non-hydrogen) atoms. The number of fused-ring (bicyclic) bond motifs is 2. The molecule has 2 aromatic rings. The molecule has 0 spiro atoms. The molecule has 4 heterocycles. The molecule has 4 fully saturated rings. The first-order chi connectivity index (χ1) is 18.0. The molecule has 200 valence electrons. The first-order valence-corrected chi connectivity index (χ1v) is 12.3. The van der Waals surface area contributed by atoms with Gasteiger partial charge in [-0.2, -0.15) is 0 Å². The molecule has 2 aromatic carbocycles. The maximum atomic E-state index is 10.8. The number of rotatable bonds is 4. The highest BCUT2D eigenvalue weighted by Gasteiger charge is 2.53. The van der Waals surface area contributed by atoms with Crippen LogP contribution in [0.25, 0.3) is 0 Å². The quantitative estimate of drug-likeness (QED) is 0.438. The lowest BCUT2D eigenvalue weighted by Gasteiger charge is -2.49. The van der Waals surface area contributed by atoms with Crippen LogP contribution in [0.2, 0.25) is 0 Å². The molecule has 0 radical (unpaired) electrons. The topological polar surface area (TPSA) is 146 Å². The third-order valence-electron chi connectivity index (χ3n) is 7.08. The van der Waals surface area contributed by atoms with Crippen LogP contribution in [0.5, 0.6) is 0 Å². The van der Waals surface area contributed by atoms with Crippen LogP contribution in [0, 0.1) is 0 Å². The van der Waals surface area contributed by atoms with E-state index in [0.717, 1.165) is 11.1 Å². The van der Waals surface area contributed by atoms with E-state index in [-0.39, 0.29) is 13.2 Å². The van der Waals surface area contributed by atoms with Crippen molar-refractivity contribution < 1.29 is 53.6 Å². The van der Waals surface area contributed by atoms with E-state index in [1.165, 1.54) is 0 Å². The number of aliphatic hydroxyl groups excluding tert-OH is 4. The van der Waals surface area contributed by atoms with E-state index in [4.69, 9.17) is 33.2 Å². The van der Waals surface area contributed by atoms with Gasteiger partial charge in [0.2, 0.25) is 0 Å². The number of hydrogen-bond acceptors (Lipinski definition) is 11. The summed E-state index contributed by atoms with van der Waals surface area (Å²) in [6.45, 7) is 0.162. The fourth-order valence-electron chi connectivity index (χ4n) is 5.07. The van der Waals surface area contributed by atoms with Crippen LogP contribution >= 0.6 is 0 Å². The Morgan fingerprint density at radius 1 is 0.541 bits per heavy atom. The fraction of sp³-hybridized carbons (Fsp3) is 0.538. The van der Waals surface area contributed by atoms with Gasteiger partial charge in [-0.15, -0.1) is 0 Å². The van der Waals surface area contributed by atoms with Crippen LogP contribution < -0.4 is 0 Å². The third-order valence-corrected chi connectivity index (χ3v) is 7.08. The van der Waals surface area contributed by atoms with Crippen molar-refractivity contribution in [2.24, 2.45) is 0 Å². The average molecular weight is 519 g/mol. The van der Waals surface area contributed by atoms with E-state index in [9.17, 15) is 20.4 Å². The zero-order valence-electron chi connectivity index (χ0n) is 19.8. The Balaban J connectivity index is 1.09. The highest BCUT2D eigenvalue weighted by Crippen LogP contribution is 2.37. The summed E-state index contributed by atoms with van der Waals surface area (Å²) in [5, 5.41) is 43.1. The Morgan fingerprint density at radius 3 is 1.35 bits per heavy atom. The number of benzene rings is 2. The first kappa shape index (κ1) is 25.3. The second kappa shape index (κ2) is 10.6. The van der Waals surface area contributed by atoms with E-state index < -0.39 is 74.0 Å². The Morgan fingerprint density at radius 2 is 0.946 bits per heavy atom. The van der Waals surface area contributed by atoms with Gasteiger partial charge in [0.15, 0.2) is 25.2 Å². The molecule has 4 aliphatic heterocycles. The predicted molar refractivity (Wildman–Crippen MR) is 122 cm³/mol. The SMILES string of the molecule is O[C@@H]1[C@@H](O)[C@@H](O[C@H]2O[C@@H]3COC(c4ccccc4)O[C@H]3[C@H](O)[C@H]2O)O[C@@H]2COC(c3ccccc3)O[C@@H]12. The second-order valence-corrected chi connectivity index (χ2v) is 9.54. The fourth-order valence-corrected chi connectivity index (χ4v) is 5.07. The third kappa shape index (κ3) is 4.93. The van der Waals surface area contributed by atoms with Crippen LogP contribution in [0.3, 0.4) is 0 Å². The summed E-state index contributed by atoms with van der Waals surface area (Å²) >= 11 is 0. The van der Waals surface area contributed by atoms with E-state index in [1.807, 2.05) is 60.7 Å². The molecule has 0 saturated carbocycles. The van der Waals surface area contributed by atoms with Gasteiger partial charge in [-0.25, -0.2) is 0 Å². The highest BCUT2D eigenvalue weighted by molar-refractivity contribution is 5.17. The van der Waals surface area contributed by atoms with Gasteiger partial charge in [0.1, 0.15) is 48.8 Å². The number of aliphatic hydroxyl groups is 4. The van der Waals surface area contributed by atoms with Crippen molar-refractivity contribution in [2.75, 3.05) is 13.2 Å². The normalized spacial score (nSPS) is 44.0. The van der Waals surface area contributed by atoms with Gasteiger partial charge in [-0.1, -0.05) is 60.7 Å². The molecule has 12 atom stereocenters. The predicted octanol–water partition coefficient (Wildman–Crippen LogP) is 0.125. The van der Waals surface area contributed by atoms with Crippen molar-refractivity contribution >= 4 is 0 Å². The minimum atomic E-state index is -1.51. The van der Waals surface area contributed by atoms with Gasteiger partial charge in [0.25, 0.3) is 0 Å². The van der Waals surface area contributed by atoms with Crippen LogP contribution in [-0.2, 0) is 33.2 Å². The van der Waals surface area contributed by atoms with Gasteiger partial charge in [-0.05, 0) is 0 Å². The Kier molecular flexibility index (Phi) is 7.27. The smallest absolute Gasteiger partial charge is 0.189 e. The Bertz CT molecular complexity index is 940. The Hall–Kier alpha value is -2.00. The van der Waals surface area contributed by atoms with E-state index in [0.29, 0.717) is 0 Å². The Labute approximate surface area is 213 Å². The number of hydrogen-bond donors (Lipinski definition) is 4. The maximum absolute atomic E-state index is 10.8. The van der Waals surface area contributed by atoms with Crippen molar-refractivity contribution in [3.8, 4) is 0 Å². The minimum absolute atomic E-state index is 0.0812. The van der Waals surface area contributed by atoms with Crippen LogP contribution in [0.15, 0.2) is 60.7 Å². The van der Waals surface area contributed by atoms with Crippen LogP contribution in [0.1, 0.15) is 23.7 Å². The molecule has 4 saturated heterocycles. The summed E-state index contributed by atoms with van der Waals surface area (Å²) in [6.07, 6.45) is -13.1. The average Bonchev–Trinajstić information content (AvgIpc) is 2.95. The van der Waals surface area contributed by atoms with Gasteiger partial charge >= 0.3 is 0 Å². The summed E-state index contributed by atoms with van der Waals surface area (Å²) in [5.74, 6) is 0. The zero-order valence-corrected chi connectivity index (χ0v) is 19.8. The first-order valence-electron chi connectivity index (χ1n) is 12.3. The minimum Gasteiger partial charge on any atom is -0.387 e. The second-order valence-electron chi connectivity index (χ2n) is 9.54. The van der Waals surface area contributed by atoms with Crippen molar-refractivity contribution in [1.82, 2.24) is 0 Å². The molecule has 0 aromatic heterocycles. The van der Waals surface area contributed by atoms with E-state index >= 15 is 0 Å². The molecule has 4 N–H and O–H groups in total. The summed E-state index contributed by atoms with van der Waals surface area (Å²) in [4.78, 5) is 0. The van der Waals surface area contributed by atoms with E-state index in [1.54, 1.807) is 0 Å². The molecule has 6 rings (SSSR count). The standard InChI is InChI=1S/C26H30O11/c27-17-19(29)25(33-15-11-31-23(35-21(15)17)13-7-3-1-4-8-13)37-26-20(30)18(28)22-16(34-26)12-32-24(36-22)14-9-5-2-6-10-14/h1-10,15-30H,11-12H2/t15-,16-,17-,18-,19-,20-,21-,22-,23?,24?,25-,26-/m1/s1. The molecule has 0 amide bonds. The molecule has 0 aliphatic carbocycles. The van der Waals surface area contributed by atoms with Gasteiger partial charge in [-0.3, -0.25) is 0 Å². The van der Waals surface area contributed by atoms with Crippen molar-refractivity contribution in [3.05, 3.63) is 71.8 Å². The van der Waals surface area contributed by atoms with Crippen molar-refractivity contribution in [1.29, 1.82) is 0 Å². The van der Waals surface area contributed by atoms with Crippen molar-refractivity contribution in [3.63, 3.8) is 0 Å². The monoisotopic (exact) mass is 518 g/mol. The molecule has 11 heteroatoms. The zero-order chi connectivity index (χ0) is 25.5. The molecular formula is C26H30O11. The lowest BCUT2D eigenvalue weighted by atomic mass is 9.96.